The first-order chi connectivity index (χ1) is 14.2. The summed E-state index contributed by atoms with van der Waals surface area (Å²) < 4.78 is 33.4. The van der Waals surface area contributed by atoms with Crippen molar-refractivity contribution in [3.05, 3.63) is 28.8 Å². The first-order valence-electron chi connectivity index (χ1n) is 10.7. The third kappa shape index (κ3) is 5.53. The van der Waals surface area contributed by atoms with Crippen LogP contribution in [-0.4, -0.2) is 74.5 Å². The summed E-state index contributed by atoms with van der Waals surface area (Å²) in [5, 5.41) is 3.17. The van der Waals surface area contributed by atoms with Gasteiger partial charge in [0.15, 0.2) is 0 Å². The van der Waals surface area contributed by atoms with Gasteiger partial charge in [-0.05, 0) is 57.9 Å². The van der Waals surface area contributed by atoms with Crippen molar-refractivity contribution in [1.29, 1.82) is 0 Å². The van der Waals surface area contributed by atoms with Crippen LogP contribution in [0.15, 0.2) is 23.1 Å². The Hall–Kier alpha value is -1.19. The second kappa shape index (κ2) is 9.96. The number of sulfonamides is 1. The molecular formula is C21H32ClN3O4S. The highest BCUT2D eigenvalue weighted by Gasteiger charge is 2.34. The molecule has 1 aromatic carbocycles. The molecule has 2 aliphatic rings. The number of piperidine rings is 1. The predicted molar refractivity (Wildman–Crippen MR) is 117 cm³/mol. The van der Waals surface area contributed by atoms with Crippen molar-refractivity contribution in [1.82, 2.24) is 14.5 Å². The predicted octanol–water partition coefficient (Wildman–Crippen LogP) is 2.74. The van der Waals surface area contributed by atoms with Gasteiger partial charge in [-0.1, -0.05) is 18.5 Å². The molecule has 9 heteroatoms. The van der Waals surface area contributed by atoms with E-state index in [0.717, 1.165) is 38.9 Å². The topological polar surface area (TPSA) is 79.0 Å². The van der Waals surface area contributed by atoms with Gasteiger partial charge in [0.2, 0.25) is 10.0 Å². The van der Waals surface area contributed by atoms with Crippen LogP contribution in [0.1, 0.15) is 50.4 Å². The summed E-state index contributed by atoms with van der Waals surface area (Å²) in [6.45, 7) is 9.38. The maximum Gasteiger partial charge on any atom is 0.251 e. The smallest absolute Gasteiger partial charge is 0.251 e. The Balaban J connectivity index is 1.72. The summed E-state index contributed by atoms with van der Waals surface area (Å²) in [6, 6.07) is 4.56. The number of ether oxygens (including phenoxy) is 1. The lowest BCUT2D eigenvalue weighted by molar-refractivity contribution is -0.0440. The Labute approximate surface area is 184 Å². The van der Waals surface area contributed by atoms with Crippen LogP contribution in [0.5, 0.6) is 0 Å². The average molecular weight is 458 g/mol. The molecule has 0 bridgehead atoms. The summed E-state index contributed by atoms with van der Waals surface area (Å²) in [4.78, 5) is 15.2. The van der Waals surface area contributed by atoms with Gasteiger partial charge in [0.05, 0.1) is 17.2 Å². The molecule has 2 fully saturated rings. The van der Waals surface area contributed by atoms with E-state index in [9.17, 15) is 13.2 Å². The Bertz CT molecular complexity index is 846. The molecule has 0 aliphatic carbocycles. The van der Waals surface area contributed by atoms with E-state index >= 15 is 0 Å². The van der Waals surface area contributed by atoms with Crippen molar-refractivity contribution in [3.63, 3.8) is 0 Å². The summed E-state index contributed by atoms with van der Waals surface area (Å²) in [7, 11) is -3.83. The van der Waals surface area contributed by atoms with E-state index in [-0.39, 0.29) is 47.2 Å². The van der Waals surface area contributed by atoms with Gasteiger partial charge in [-0.15, -0.1) is 0 Å². The lowest BCUT2D eigenvalue weighted by atomic mass is 10.0. The molecule has 1 amide bonds. The molecule has 0 radical (unpaired) electrons. The largest absolute Gasteiger partial charge is 0.373 e. The maximum absolute atomic E-state index is 13.2. The summed E-state index contributed by atoms with van der Waals surface area (Å²) in [5.41, 5.74) is 0.309. The molecule has 2 heterocycles. The number of rotatable bonds is 6. The van der Waals surface area contributed by atoms with E-state index in [2.05, 4.69) is 17.1 Å². The summed E-state index contributed by atoms with van der Waals surface area (Å²) in [5.74, 6) is -0.263. The number of morpholine rings is 1. The fraction of sp³-hybridized carbons (Fsp3) is 0.667. The molecule has 30 heavy (non-hydrogen) atoms. The number of benzene rings is 1. The third-order valence-electron chi connectivity index (χ3n) is 5.66. The number of hydrogen-bond donors (Lipinski definition) is 1. The lowest BCUT2D eigenvalue weighted by Gasteiger charge is -2.34. The number of carbonyl (C=O) groups excluding carboxylic acids is 1. The van der Waals surface area contributed by atoms with Gasteiger partial charge in [-0.25, -0.2) is 8.42 Å². The van der Waals surface area contributed by atoms with Gasteiger partial charge in [-0.2, -0.15) is 4.31 Å². The molecule has 1 aromatic rings. The van der Waals surface area contributed by atoms with Gasteiger partial charge in [0.25, 0.3) is 5.91 Å². The highest BCUT2D eigenvalue weighted by molar-refractivity contribution is 7.89. The van der Waals surface area contributed by atoms with Crippen LogP contribution in [0.25, 0.3) is 0 Å². The second-order valence-electron chi connectivity index (χ2n) is 8.31. The fourth-order valence-corrected chi connectivity index (χ4v) is 6.29. The van der Waals surface area contributed by atoms with E-state index in [1.807, 2.05) is 13.8 Å². The zero-order valence-corrected chi connectivity index (χ0v) is 19.5. The highest BCUT2D eigenvalue weighted by atomic mass is 35.5. The number of hydrogen-bond acceptors (Lipinski definition) is 5. The molecule has 1 N–H and O–H groups in total. The minimum absolute atomic E-state index is 0.0316. The molecule has 2 atom stereocenters. The van der Waals surface area contributed by atoms with Crippen LogP contribution in [0, 0.1) is 0 Å². The van der Waals surface area contributed by atoms with Crippen LogP contribution >= 0.6 is 11.6 Å². The van der Waals surface area contributed by atoms with Crippen molar-refractivity contribution >= 4 is 27.5 Å². The van der Waals surface area contributed by atoms with Crippen molar-refractivity contribution < 1.29 is 17.9 Å². The highest BCUT2D eigenvalue weighted by Crippen LogP contribution is 2.28. The van der Waals surface area contributed by atoms with Crippen molar-refractivity contribution in [2.24, 2.45) is 0 Å². The lowest BCUT2D eigenvalue weighted by Crippen LogP contribution is -2.48. The quantitative estimate of drug-likeness (QED) is 0.710. The first kappa shape index (κ1) is 23.5. The molecule has 7 nitrogen and oxygen atoms in total. The SMILES string of the molecule is CCCN1CCC(NC(=O)c2ccc(Cl)c(S(=O)(=O)N3CC(C)OC(C)C3)c2)CC1. The molecule has 0 saturated carbocycles. The Morgan fingerprint density at radius 3 is 2.43 bits per heavy atom. The third-order valence-corrected chi connectivity index (χ3v) is 7.97. The number of halogens is 1. The number of nitrogens with one attached hydrogen (secondary N) is 1. The molecular weight excluding hydrogens is 426 g/mol. The van der Waals surface area contributed by atoms with Crippen LogP contribution < -0.4 is 5.32 Å². The molecule has 2 unspecified atom stereocenters. The van der Waals surface area contributed by atoms with Gasteiger partial charge < -0.3 is 15.0 Å². The van der Waals surface area contributed by atoms with E-state index in [1.54, 1.807) is 6.07 Å². The van der Waals surface area contributed by atoms with Crippen LogP contribution in [0.4, 0.5) is 0 Å². The summed E-state index contributed by atoms with van der Waals surface area (Å²) in [6.07, 6.45) is 2.52. The molecule has 0 aromatic heterocycles. The maximum atomic E-state index is 13.2. The minimum atomic E-state index is -3.83. The second-order valence-corrected chi connectivity index (χ2v) is 10.6. The number of carbonyl (C=O) groups is 1. The molecule has 2 aliphatic heterocycles. The normalized spacial score (nSPS) is 24.7. The first-order valence-corrected chi connectivity index (χ1v) is 12.5. The van der Waals surface area contributed by atoms with Gasteiger partial charge in [0.1, 0.15) is 4.90 Å². The monoisotopic (exact) mass is 457 g/mol. The van der Waals surface area contributed by atoms with Gasteiger partial charge in [0, 0.05) is 37.8 Å². The van der Waals surface area contributed by atoms with Crippen LogP contribution in [-0.2, 0) is 14.8 Å². The number of likely N-dealkylation sites (tertiary alicyclic amines) is 1. The van der Waals surface area contributed by atoms with E-state index in [1.165, 1.54) is 16.4 Å². The van der Waals surface area contributed by atoms with Crippen LogP contribution in [0.3, 0.4) is 0 Å². The summed E-state index contributed by atoms with van der Waals surface area (Å²) >= 11 is 6.24. The van der Waals surface area contributed by atoms with Crippen molar-refractivity contribution in [2.75, 3.05) is 32.7 Å². The average Bonchev–Trinajstić information content (AvgIpc) is 2.69. The number of amides is 1. The van der Waals surface area contributed by atoms with Gasteiger partial charge >= 0.3 is 0 Å². The Kier molecular flexibility index (Phi) is 7.79. The fourth-order valence-electron chi connectivity index (χ4n) is 4.19. The van der Waals surface area contributed by atoms with Crippen LogP contribution in [0.2, 0.25) is 5.02 Å². The Morgan fingerprint density at radius 2 is 1.83 bits per heavy atom. The van der Waals surface area contributed by atoms with E-state index in [4.69, 9.17) is 16.3 Å². The van der Waals surface area contributed by atoms with E-state index in [0.29, 0.717) is 5.56 Å². The molecule has 168 valence electrons. The zero-order valence-electron chi connectivity index (χ0n) is 17.9. The number of nitrogens with zero attached hydrogens (tertiary/aromatic N) is 2. The Morgan fingerprint density at radius 1 is 1.20 bits per heavy atom. The molecule has 3 rings (SSSR count). The van der Waals surface area contributed by atoms with E-state index < -0.39 is 10.0 Å². The zero-order chi connectivity index (χ0) is 21.9. The minimum Gasteiger partial charge on any atom is -0.373 e. The molecule has 2 saturated heterocycles. The molecule has 0 spiro atoms. The van der Waals surface area contributed by atoms with Crippen molar-refractivity contribution in [2.45, 2.75) is 63.2 Å². The standard InChI is InChI=1S/C21H32ClN3O4S/c1-4-9-24-10-7-18(8-11-24)23-21(26)17-5-6-19(22)20(12-17)30(27,28)25-13-15(2)29-16(3)14-25/h5-6,12,15-16,18H,4,7-11,13-14H2,1-3H3,(H,23,26). The van der Waals surface area contributed by atoms with Gasteiger partial charge in [-0.3, -0.25) is 4.79 Å². The van der Waals surface area contributed by atoms with Crippen molar-refractivity contribution in [3.8, 4) is 0 Å².